The molecule has 2 aliphatic rings. The zero-order valence-electron chi connectivity index (χ0n) is 16.5. The molecule has 7 nitrogen and oxygen atoms in total. The van der Waals surface area contributed by atoms with Gasteiger partial charge >= 0.3 is 0 Å². The van der Waals surface area contributed by atoms with Crippen LogP contribution >= 0.6 is 0 Å². The first kappa shape index (κ1) is 20.3. The van der Waals surface area contributed by atoms with Crippen molar-refractivity contribution in [2.24, 2.45) is 5.92 Å². The molecule has 0 atom stereocenters. The Labute approximate surface area is 166 Å². The molecule has 3 rings (SSSR count). The van der Waals surface area contributed by atoms with E-state index < -0.39 is 0 Å². The summed E-state index contributed by atoms with van der Waals surface area (Å²) in [5.74, 6) is 0.0758. The molecule has 7 heteroatoms. The quantitative estimate of drug-likeness (QED) is 0.824. The molecule has 1 aromatic rings. The van der Waals surface area contributed by atoms with Gasteiger partial charge in [-0.1, -0.05) is 18.2 Å². The van der Waals surface area contributed by atoms with E-state index in [1.165, 1.54) is 0 Å². The van der Waals surface area contributed by atoms with Gasteiger partial charge < -0.3 is 19.9 Å². The average Bonchev–Trinajstić information content (AvgIpc) is 2.74. The van der Waals surface area contributed by atoms with Crippen LogP contribution in [-0.2, 0) is 14.3 Å². The molecule has 28 heavy (non-hydrogen) atoms. The molecule has 2 heterocycles. The van der Waals surface area contributed by atoms with Gasteiger partial charge in [0.2, 0.25) is 11.8 Å². The Bertz CT molecular complexity index is 707. The minimum absolute atomic E-state index is 0.00269. The van der Waals surface area contributed by atoms with E-state index in [0.29, 0.717) is 64.3 Å². The third kappa shape index (κ3) is 5.10. The predicted octanol–water partition coefficient (Wildman–Crippen LogP) is 1.21. The highest BCUT2D eigenvalue weighted by Gasteiger charge is 2.30. The van der Waals surface area contributed by atoms with Gasteiger partial charge in [-0.05, 0) is 31.4 Å². The number of carbonyl (C=O) groups is 3. The zero-order valence-corrected chi connectivity index (χ0v) is 16.5. The van der Waals surface area contributed by atoms with Crippen LogP contribution in [0.15, 0.2) is 24.3 Å². The Morgan fingerprint density at radius 1 is 1.04 bits per heavy atom. The number of carbonyl (C=O) groups excluding carboxylic acids is 3. The number of hydrogen-bond acceptors (Lipinski definition) is 4. The number of benzene rings is 1. The second-order valence-electron chi connectivity index (χ2n) is 7.41. The van der Waals surface area contributed by atoms with Crippen LogP contribution in [-0.4, -0.2) is 73.5 Å². The van der Waals surface area contributed by atoms with Crippen molar-refractivity contribution in [2.75, 3.05) is 45.9 Å². The maximum Gasteiger partial charge on any atom is 0.251 e. The summed E-state index contributed by atoms with van der Waals surface area (Å²) in [6.45, 7) is 5.96. The molecule has 1 aromatic carbocycles. The maximum absolute atomic E-state index is 12.6. The molecule has 0 aromatic heterocycles. The monoisotopic (exact) mass is 387 g/mol. The largest absolute Gasteiger partial charge is 0.378 e. The molecule has 0 unspecified atom stereocenters. The fourth-order valence-corrected chi connectivity index (χ4v) is 3.78. The third-order valence-electron chi connectivity index (χ3n) is 5.53. The van der Waals surface area contributed by atoms with Gasteiger partial charge in [-0.3, -0.25) is 14.4 Å². The van der Waals surface area contributed by atoms with Crippen LogP contribution in [0, 0.1) is 12.8 Å². The highest BCUT2D eigenvalue weighted by atomic mass is 16.5. The maximum atomic E-state index is 12.6. The Morgan fingerprint density at radius 3 is 2.39 bits per heavy atom. The molecule has 1 N–H and O–H groups in total. The van der Waals surface area contributed by atoms with Crippen molar-refractivity contribution in [1.82, 2.24) is 15.1 Å². The van der Waals surface area contributed by atoms with Gasteiger partial charge in [0.1, 0.15) is 0 Å². The number of hydrogen-bond donors (Lipinski definition) is 1. The van der Waals surface area contributed by atoms with E-state index >= 15 is 0 Å². The van der Waals surface area contributed by atoms with Gasteiger partial charge in [0.25, 0.3) is 5.91 Å². The summed E-state index contributed by atoms with van der Waals surface area (Å²) in [4.78, 5) is 40.9. The minimum atomic E-state index is -0.152. The first-order chi connectivity index (χ1) is 13.6. The number of likely N-dealkylation sites (tertiary alicyclic amines) is 1. The highest BCUT2D eigenvalue weighted by molar-refractivity contribution is 5.95. The standard InChI is InChI=1S/C21H29N3O4/c1-16-4-2-3-5-18(16)20(26)22-9-6-19(25)23-10-7-17(8-11-23)21(27)24-12-14-28-15-13-24/h2-5,17H,6-15H2,1H3,(H,22,26). The number of nitrogens with zero attached hydrogens (tertiary/aromatic N) is 2. The summed E-state index contributed by atoms with van der Waals surface area (Å²) < 4.78 is 5.30. The van der Waals surface area contributed by atoms with Crippen molar-refractivity contribution >= 4 is 17.7 Å². The predicted molar refractivity (Wildman–Crippen MR) is 105 cm³/mol. The zero-order chi connectivity index (χ0) is 19.9. The van der Waals surface area contributed by atoms with Crippen LogP contribution in [0.3, 0.4) is 0 Å². The van der Waals surface area contributed by atoms with E-state index in [4.69, 9.17) is 4.74 Å². The molecule has 3 amide bonds. The van der Waals surface area contributed by atoms with Crippen molar-refractivity contribution in [3.8, 4) is 0 Å². The Morgan fingerprint density at radius 2 is 1.71 bits per heavy atom. The smallest absolute Gasteiger partial charge is 0.251 e. The van der Waals surface area contributed by atoms with E-state index in [2.05, 4.69) is 5.32 Å². The van der Waals surface area contributed by atoms with Crippen molar-refractivity contribution in [3.63, 3.8) is 0 Å². The van der Waals surface area contributed by atoms with Gasteiger partial charge in [-0.15, -0.1) is 0 Å². The summed E-state index contributed by atoms with van der Waals surface area (Å²) in [5, 5.41) is 2.82. The Balaban J connectivity index is 1.38. The van der Waals surface area contributed by atoms with E-state index in [-0.39, 0.29) is 30.1 Å². The lowest BCUT2D eigenvalue weighted by atomic mass is 9.95. The van der Waals surface area contributed by atoms with Crippen LogP contribution in [0.25, 0.3) is 0 Å². The topological polar surface area (TPSA) is 79.0 Å². The molecule has 0 saturated carbocycles. The van der Waals surface area contributed by atoms with Crippen molar-refractivity contribution in [1.29, 1.82) is 0 Å². The summed E-state index contributed by atoms with van der Waals surface area (Å²) in [6, 6.07) is 7.39. The number of amides is 3. The second-order valence-corrected chi connectivity index (χ2v) is 7.41. The molecular weight excluding hydrogens is 358 g/mol. The van der Waals surface area contributed by atoms with Gasteiger partial charge in [-0.2, -0.15) is 0 Å². The molecule has 2 saturated heterocycles. The van der Waals surface area contributed by atoms with Crippen molar-refractivity contribution in [2.45, 2.75) is 26.2 Å². The van der Waals surface area contributed by atoms with Gasteiger partial charge in [-0.25, -0.2) is 0 Å². The molecule has 0 aliphatic carbocycles. The number of ether oxygens (including phenoxy) is 1. The van der Waals surface area contributed by atoms with Crippen LogP contribution in [0.5, 0.6) is 0 Å². The second kappa shape index (κ2) is 9.68. The van der Waals surface area contributed by atoms with Gasteiger partial charge in [0, 0.05) is 50.6 Å². The fraction of sp³-hybridized carbons (Fsp3) is 0.571. The van der Waals surface area contributed by atoms with Crippen LogP contribution in [0.4, 0.5) is 0 Å². The van der Waals surface area contributed by atoms with Crippen molar-refractivity contribution < 1.29 is 19.1 Å². The molecule has 2 fully saturated rings. The van der Waals surface area contributed by atoms with Crippen LogP contribution < -0.4 is 5.32 Å². The van der Waals surface area contributed by atoms with E-state index in [1.54, 1.807) is 6.07 Å². The Kier molecular flexibility index (Phi) is 7.03. The molecular formula is C21H29N3O4. The lowest BCUT2D eigenvalue weighted by molar-refractivity contribution is -0.143. The first-order valence-electron chi connectivity index (χ1n) is 10.0. The first-order valence-corrected chi connectivity index (χ1v) is 10.0. The van der Waals surface area contributed by atoms with E-state index in [9.17, 15) is 14.4 Å². The lowest BCUT2D eigenvalue weighted by Gasteiger charge is -2.35. The normalized spacial score (nSPS) is 18.0. The summed E-state index contributed by atoms with van der Waals surface area (Å²) in [6.07, 6.45) is 1.69. The van der Waals surface area contributed by atoms with E-state index in [1.807, 2.05) is 34.9 Å². The lowest BCUT2D eigenvalue weighted by Crippen LogP contribution is -2.47. The summed E-state index contributed by atoms with van der Waals surface area (Å²) in [5.41, 5.74) is 1.55. The number of aryl methyl sites for hydroxylation is 1. The SMILES string of the molecule is Cc1ccccc1C(=O)NCCC(=O)N1CCC(C(=O)N2CCOCC2)CC1. The fourth-order valence-electron chi connectivity index (χ4n) is 3.78. The number of piperidine rings is 1. The third-order valence-corrected chi connectivity index (χ3v) is 5.53. The summed E-state index contributed by atoms with van der Waals surface area (Å²) in [7, 11) is 0. The van der Waals surface area contributed by atoms with Crippen LogP contribution in [0.1, 0.15) is 35.2 Å². The molecule has 0 radical (unpaired) electrons. The summed E-state index contributed by atoms with van der Waals surface area (Å²) >= 11 is 0. The van der Waals surface area contributed by atoms with Crippen molar-refractivity contribution in [3.05, 3.63) is 35.4 Å². The highest BCUT2D eigenvalue weighted by Crippen LogP contribution is 2.20. The molecule has 0 bridgehead atoms. The number of morpholine rings is 1. The van der Waals surface area contributed by atoms with Crippen LogP contribution in [0.2, 0.25) is 0 Å². The number of rotatable bonds is 5. The van der Waals surface area contributed by atoms with Gasteiger partial charge in [0.05, 0.1) is 13.2 Å². The average molecular weight is 387 g/mol. The van der Waals surface area contributed by atoms with E-state index in [0.717, 1.165) is 5.56 Å². The van der Waals surface area contributed by atoms with Gasteiger partial charge in [0.15, 0.2) is 0 Å². The minimum Gasteiger partial charge on any atom is -0.378 e. The number of nitrogens with one attached hydrogen (secondary N) is 1. The molecule has 2 aliphatic heterocycles. The molecule has 152 valence electrons. The Hall–Kier alpha value is -2.41. The molecule has 0 spiro atoms.